The van der Waals surface area contributed by atoms with E-state index in [1.54, 1.807) is 30.4 Å². The third-order valence-corrected chi connectivity index (χ3v) is 7.23. The summed E-state index contributed by atoms with van der Waals surface area (Å²) in [6.07, 6.45) is 5.45. The molecule has 182 valence electrons. The van der Waals surface area contributed by atoms with E-state index in [1.165, 1.54) is 5.69 Å². The quantitative estimate of drug-likeness (QED) is 0.295. The number of carbonyl (C=O) groups excluding carboxylic acids is 1. The second-order valence-electron chi connectivity index (χ2n) is 8.65. The molecule has 0 unspecified atom stereocenters. The number of hydrogen-bond donors (Lipinski definition) is 0. The Balaban J connectivity index is 1.29. The van der Waals surface area contributed by atoms with Gasteiger partial charge >= 0.3 is 5.97 Å². The second kappa shape index (κ2) is 10.6. The molecular formula is C27H30N4O3S. The summed E-state index contributed by atoms with van der Waals surface area (Å²) in [5, 5.41) is 5.76. The zero-order chi connectivity index (χ0) is 24.2. The van der Waals surface area contributed by atoms with Crippen LogP contribution in [0.5, 0.6) is 0 Å². The number of anilines is 1. The van der Waals surface area contributed by atoms with Crippen LogP contribution in [0, 0.1) is 0 Å². The van der Waals surface area contributed by atoms with Crippen molar-refractivity contribution in [2.75, 3.05) is 31.2 Å². The number of ether oxygens (including phenoxy) is 2. The van der Waals surface area contributed by atoms with Crippen molar-refractivity contribution < 1.29 is 14.3 Å². The largest absolute Gasteiger partial charge is 0.462 e. The van der Waals surface area contributed by atoms with Gasteiger partial charge in [-0.25, -0.2) is 14.3 Å². The van der Waals surface area contributed by atoms with Gasteiger partial charge in [-0.2, -0.15) is 5.10 Å². The molecule has 35 heavy (non-hydrogen) atoms. The van der Waals surface area contributed by atoms with Crippen molar-refractivity contribution in [2.45, 2.75) is 39.2 Å². The van der Waals surface area contributed by atoms with Crippen molar-refractivity contribution in [3.05, 3.63) is 60.3 Å². The Bertz CT molecular complexity index is 1270. The van der Waals surface area contributed by atoms with Crippen LogP contribution in [-0.4, -0.2) is 53.0 Å². The highest BCUT2D eigenvalue weighted by atomic mass is 32.1. The van der Waals surface area contributed by atoms with Crippen LogP contribution in [-0.2, 0) is 9.47 Å². The van der Waals surface area contributed by atoms with E-state index in [2.05, 4.69) is 41.1 Å². The van der Waals surface area contributed by atoms with E-state index >= 15 is 0 Å². The highest BCUT2D eigenvalue weighted by Gasteiger charge is 2.20. The molecule has 2 aromatic heterocycles. The smallest absolute Gasteiger partial charge is 0.338 e. The molecule has 7 nitrogen and oxygen atoms in total. The van der Waals surface area contributed by atoms with Crippen LogP contribution in [0.4, 0.5) is 5.69 Å². The molecule has 1 aliphatic heterocycles. The highest BCUT2D eigenvalue weighted by molar-refractivity contribution is 7.19. The molecule has 0 amide bonds. The van der Waals surface area contributed by atoms with Gasteiger partial charge in [0.1, 0.15) is 5.01 Å². The molecule has 0 N–H and O–H groups in total. The Labute approximate surface area is 209 Å². The van der Waals surface area contributed by atoms with Crippen LogP contribution >= 0.6 is 11.3 Å². The number of rotatable bonds is 8. The SMILES string of the molecule is CCCOC1CCN(c2ccc(-c3nn4c(-c5ccc(C(=O)OCC)cc5)cnc4s3)cc2)CC1. The van der Waals surface area contributed by atoms with Gasteiger partial charge in [0.25, 0.3) is 0 Å². The number of piperidine rings is 1. The van der Waals surface area contributed by atoms with Crippen molar-refractivity contribution >= 4 is 28.0 Å². The maximum absolute atomic E-state index is 11.9. The van der Waals surface area contributed by atoms with Crippen LogP contribution in [0.1, 0.15) is 43.5 Å². The van der Waals surface area contributed by atoms with Crippen molar-refractivity contribution in [1.29, 1.82) is 0 Å². The molecule has 3 heterocycles. The maximum atomic E-state index is 11.9. The van der Waals surface area contributed by atoms with Gasteiger partial charge in [-0.3, -0.25) is 0 Å². The summed E-state index contributed by atoms with van der Waals surface area (Å²) in [5.74, 6) is -0.314. The number of esters is 1. The van der Waals surface area contributed by atoms with E-state index in [-0.39, 0.29) is 5.97 Å². The van der Waals surface area contributed by atoms with Crippen molar-refractivity contribution in [3.63, 3.8) is 0 Å². The molecular weight excluding hydrogens is 460 g/mol. The first kappa shape index (κ1) is 23.5. The summed E-state index contributed by atoms with van der Waals surface area (Å²) in [6.45, 7) is 7.22. The summed E-state index contributed by atoms with van der Waals surface area (Å²) >= 11 is 1.57. The van der Waals surface area contributed by atoms with Gasteiger partial charge in [0.05, 0.1) is 30.2 Å². The molecule has 1 saturated heterocycles. The normalized spacial score (nSPS) is 14.5. The number of nitrogens with zero attached hydrogens (tertiary/aromatic N) is 4. The van der Waals surface area contributed by atoms with Crippen molar-refractivity contribution in [2.24, 2.45) is 0 Å². The van der Waals surface area contributed by atoms with Crippen LogP contribution in [0.2, 0.25) is 0 Å². The minimum Gasteiger partial charge on any atom is -0.462 e. The standard InChI is InChI=1S/C27H30N4O3S/c1-3-17-34-23-13-15-30(16-14-23)22-11-9-20(10-12-22)25-29-31-24(18-28-27(31)35-25)19-5-7-21(8-6-19)26(32)33-4-2/h5-12,18,23H,3-4,13-17H2,1-2H3. The highest BCUT2D eigenvalue weighted by Crippen LogP contribution is 2.31. The molecule has 5 rings (SSSR count). The monoisotopic (exact) mass is 490 g/mol. The fraction of sp³-hybridized carbons (Fsp3) is 0.370. The Morgan fingerprint density at radius 3 is 2.43 bits per heavy atom. The summed E-state index contributed by atoms with van der Waals surface area (Å²) < 4.78 is 12.9. The molecule has 1 fully saturated rings. The Morgan fingerprint density at radius 2 is 1.74 bits per heavy atom. The molecule has 0 spiro atoms. The maximum Gasteiger partial charge on any atom is 0.338 e. The first-order valence-electron chi connectivity index (χ1n) is 12.3. The molecule has 0 atom stereocenters. The van der Waals surface area contributed by atoms with Gasteiger partial charge in [0.15, 0.2) is 0 Å². The molecule has 0 radical (unpaired) electrons. The molecule has 1 aliphatic rings. The van der Waals surface area contributed by atoms with Gasteiger partial charge in [0.2, 0.25) is 4.96 Å². The van der Waals surface area contributed by atoms with Crippen LogP contribution in [0.15, 0.2) is 54.7 Å². The van der Waals surface area contributed by atoms with Gasteiger partial charge < -0.3 is 14.4 Å². The van der Waals surface area contributed by atoms with Crippen LogP contribution < -0.4 is 4.90 Å². The summed E-state index contributed by atoms with van der Waals surface area (Å²) in [4.78, 5) is 19.8. The minimum absolute atomic E-state index is 0.314. The average molecular weight is 491 g/mol. The predicted molar refractivity (Wildman–Crippen MR) is 139 cm³/mol. The van der Waals surface area contributed by atoms with E-state index in [4.69, 9.17) is 14.6 Å². The Kier molecular flexibility index (Phi) is 7.11. The van der Waals surface area contributed by atoms with E-state index < -0.39 is 0 Å². The number of hydrogen-bond acceptors (Lipinski definition) is 7. The lowest BCUT2D eigenvalue weighted by molar-refractivity contribution is 0.0375. The summed E-state index contributed by atoms with van der Waals surface area (Å²) in [7, 11) is 0. The van der Waals surface area contributed by atoms with Crippen molar-refractivity contribution in [1.82, 2.24) is 14.6 Å². The second-order valence-corrected chi connectivity index (χ2v) is 9.60. The molecule has 4 aromatic rings. The van der Waals surface area contributed by atoms with Gasteiger partial charge in [-0.15, -0.1) is 0 Å². The predicted octanol–water partition coefficient (Wildman–Crippen LogP) is 5.70. The van der Waals surface area contributed by atoms with Crippen LogP contribution in [0.3, 0.4) is 0 Å². The third-order valence-electron chi connectivity index (χ3n) is 6.26. The topological polar surface area (TPSA) is 69.0 Å². The van der Waals surface area contributed by atoms with Gasteiger partial charge in [0, 0.05) is 36.5 Å². The van der Waals surface area contributed by atoms with Crippen molar-refractivity contribution in [3.8, 4) is 21.8 Å². The Morgan fingerprint density at radius 1 is 1.03 bits per heavy atom. The number of imidazole rings is 1. The molecule has 8 heteroatoms. The zero-order valence-electron chi connectivity index (χ0n) is 20.1. The lowest BCUT2D eigenvalue weighted by atomic mass is 10.1. The fourth-order valence-corrected chi connectivity index (χ4v) is 5.26. The number of carbonyl (C=O) groups is 1. The molecule has 0 saturated carbocycles. The molecule has 0 bridgehead atoms. The summed E-state index contributed by atoms with van der Waals surface area (Å²) in [5.41, 5.74) is 4.69. The number of benzene rings is 2. The van der Waals surface area contributed by atoms with E-state index in [0.717, 1.165) is 65.7 Å². The number of aromatic nitrogens is 3. The van der Waals surface area contributed by atoms with Gasteiger partial charge in [-0.1, -0.05) is 30.4 Å². The minimum atomic E-state index is -0.314. The van der Waals surface area contributed by atoms with Gasteiger partial charge in [-0.05, 0) is 62.6 Å². The number of fused-ring (bicyclic) bond motifs is 1. The third kappa shape index (κ3) is 5.09. The molecule has 0 aliphatic carbocycles. The fourth-order valence-electron chi connectivity index (χ4n) is 4.38. The average Bonchev–Trinajstić information content (AvgIpc) is 3.49. The Hall–Kier alpha value is -3.23. The van der Waals surface area contributed by atoms with E-state index in [9.17, 15) is 4.79 Å². The van der Waals surface area contributed by atoms with Crippen LogP contribution in [0.25, 0.3) is 26.8 Å². The zero-order valence-corrected chi connectivity index (χ0v) is 21.0. The summed E-state index contributed by atoms with van der Waals surface area (Å²) in [6, 6.07) is 16.0. The first-order valence-corrected chi connectivity index (χ1v) is 13.1. The molecule has 2 aromatic carbocycles. The lowest BCUT2D eigenvalue weighted by Crippen LogP contribution is -2.37. The van der Waals surface area contributed by atoms with E-state index in [1.807, 2.05) is 22.8 Å². The van der Waals surface area contributed by atoms with E-state index in [0.29, 0.717) is 18.3 Å². The lowest BCUT2D eigenvalue weighted by Gasteiger charge is -2.33. The first-order chi connectivity index (χ1) is 17.2.